The zero-order chi connectivity index (χ0) is 30.0. The monoisotopic (exact) mass is 604 g/mol. The molecule has 0 bridgehead atoms. The Morgan fingerprint density at radius 2 is 1.93 bits per heavy atom. The number of hydrogen-bond donors (Lipinski definition) is 6. The number of fused-ring (bicyclic) bond motifs is 1. The molecule has 4 heterocycles. The van der Waals surface area contributed by atoms with Crippen molar-refractivity contribution in [3.63, 3.8) is 0 Å². The zero-order valence-corrected chi connectivity index (χ0v) is 22.6. The smallest absolute Gasteiger partial charge is 0.321 e. The molecule has 41 heavy (non-hydrogen) atoms. The first kappa shape index (κ1) is 29.4. The van der Waals surface area contributed by atoms with Gasteiger partial charge in [0.05, 0.1) is 29.3 Å². The van der Waals surface area contributed by atoms with Crippen molar-refractivity contribution >= 4 is 63.8 Å². The number of β-lactam (4-membered cyclic amide) rings is 1. The normalized spacial score (nSPS) is 19.4. The molecule has 18 heteroatoms. The Morgan fingerprint density at radius 1 is 1.24 bits per heavy atom. The number of rotatable bonds is 11. The number of thioether (sulfide) groups is 1. The quantitative estimate of drug-likeness (QED) is 0.106. The Balaban J connectivity index is 1.50. The zero-order valence-electron chi connectivity index (χ0n) is 21.0. The van der Waals surface area contributed by atoms with Gasteiger partial charge < -0.3 is 42.8 Å². The van der Waals surface area contributed by atoms with E-state index in [1.165, 1.54) is 29.3 Å². The average molecular weight is 605 g/mol. The number of carboxylic acids is 2. The van der Waals surface area contributed by atoms with E-state index in [0.717, 1.165) is 16.2 Å². The molecule has 2 aromatic heterocycles. The van der Waals surface area contributed by atoms with Gasteiger partial charge >= 0.3 is 5.97 Å². The second-order valence-electron chi connectivity index (χ2n) is 9.02. The van der Waals surface area contributed by atoms with E-state index in [0.29, 0.717) is 5.57 Å². The first-order valence-electron chi connectivity index (χ1n) is 11.8. The minimum Gasteiger partial charge on any atom is -0.543 e. The molecule has 0 saturated carbocycles. The molecule has 9 N–H and O–H groups in total. The van der Waals surface area contributed by atoms with Crippen LogP contribution in [0.3, 0.4) is 0 Å². The largest absolute Gasteiger partial charge is 0.543 e. The lowest BCUT2D eigenvalue weighted by Gasteiger charge is -2.50. The summed E-state index contributed by atoms with van der Waals surface area (Å²) in [6.07, 6.45) is 2.46. The molecule has 2 aliphatic heterocycles. The van der Waals surface area contributed by atoms with Crippen LogP contribution in [0.15, 0.2) is 41.2 Å². The highest BCUT2D eigenvalue weighted by molar-refractivity contribution is 8.00. The molecule has 0 aliphatic carbocycles. The molecule has 4 amide bonds. The number of amides is 4. The van der Waals surface area contributed by atoms with Crippen LogP contribution in [-0.2, 0) is 30.5 Å². The van der Waals surface area contributed by atoms with Crippen LogP contribution in [0.5, 0.6) is 0 Å². The summed E-state index contributed by atoms with van der Waals surface area (Å²) in [6.45, 7) is 0.0840. The first-order chi connectivity index (χ1) is 19.4. The molecule has 2 aliphatic rings. The third-order valence-corrected chi connectivity index (χ3v) is 8.24. The summed E-state index contributed by atoms with van der Waals surface area (Å²) in [7, 11) is 0. The second-order valence-corrected chi connectivity index (χ2v) is 11.0. The maximum atomic E-state index is 13.2. The SMILES string of the molecule is NC(=O)c1cc[n+](CC2=C(C(=O)[O-])N3C(=O)[C@@H](NC(=O)[C@@H](NC(=O)C[C@@H](N)C(=O)O)c4csc(N)n4)[C@@H]3SC2)cc1. The Hall–Kier alpha value is -4.55. The number of carbonyl (C=O) groups is 6. The van der Waals surface area contributed by atoms with Crippen LogP contribution in [-0.4, -0.2) is 73.8 Å². The minimum atomic E-state index is -1.57. The fourth-order valence-electron chi connectivity index (χ4n) is 4.19. The van der Waals surface area contributed by atoms with E-state index in [9.17, 15) is 33.9 Å². The summed E-state index contributed by atoms with van der Waals surface area (Å²) in [5.41, 5.74) is 16.7. The molecule has 1 saturated heterocycles. The lowest BCUT2D eigenvalue weighted by Crippen LogP contribution is -2.71. The van der Waals surface area contributed by atoms with Crippen LogP contribution in [0.25, 0.3) is 0 Å². The van der Waals surface area contributed by atoms with Gasteiger partial charge in [0.25, 0.3) is 5.91 Å². The molecule has 2 aromatic rings. The van der Waals surface area contributed by atoms with E-state index >= 15 is 0 Å². The summed E-state index contributed by atoms with van der Waals surface area (Å²) in [4.78, 5) is 78.1. The number of anilines is 1. The van der Waals surface area contributed by atoms with E-state index in [2.05, 4.69) is 15.6 Å². The van der Waals surface area contributed by atoms with Crippen LogP contribution in [0.4, 0.5) is 5.13 Å². The van der Waals surface area contributed by atoms with E-state index < -0.39 is 65.5 Å². The van der Waals surface area contributed by atoms with Crippen molar-refractivity contribution in [1.82, 2.24) is 20.5 Å². The van der Waals surface area contributed by atoms with Crippen molar-refractivity contribution in [2.24, 2.45) is 11.5 Å². The van der Waals surface area contributed by atoms with Crippen LogP contribution >= 0.6 is 23.1 Å². The fourth-order valence-corrected chi connectivity index (χ4v) is 6.11. The number of hydrogen-bond acceptors (Lipinski definition) is 12. The maximum absolute atomic E-state index is 13.2. The molecule has 4 rings (SSSR count). The van der Waals surface area contributed by atoms with E-state index in [4.69, 9.17) is 22.3 Å². The van der Waals surface area contributed by atoms with Crippen molar-refractivity contribution in [3.8, 4) is 0 Å². The number of nitrogens with two attached hydrogens (primary N) is 3. The number of carbonyl (C=O) groups excluding carboxylic acids is 5. The molecule has 0 spiro atoms. The highest BCUT2D eigenvalue weighted by Gasteiger charge is 2.53. The van der Waals surface area contributed by atoms with Gasteiger partial charge in [-0.15, -0.1) is 23.1 Å². The number of aromatic nitrogens is 2. The predicted octanol–water partition coefficient (Wildman–Crippen LogP) is -3.82. The topological polar surface area (TPSA) is 268 Å². The van der Waals surface area contributed by atoms with Gasteiger partial charge in [0.2, 0.25) is 17.7 Å². The number of nitrogens with zero attached hydrogens (tertiary/aromatic N) is 3. The Morgan fingerprint density at radius 3 is 2.49 bits per heavy atom. The lowest BCUT2D eigenvalue weighted by molar-refractivity contribution is -0.689. The summed E-state index contributed by atoms with van der Waals surface area (Å²) in [5.74, 6) is -5.83. The molecular formula is C23H24N8O8S2. The first-order valence-corrected chi connectivity index (χ1v) is 13.8. The van der Waals surface area contributed by atoms with E-state index in [1.54, 1.807) is 17.0 Å². The summed E-state index contributed by atoms with van der Waals surface area (Å²) >= 11 is 2.21. The van der Waals surface area contributed by atoms with E-state index in [-0.39, 0.29) is 34.4 Å². The standard InChI is InChI=1S/C23H24N8O8S2/c24-11(21(36)37)5-13(32)28-14(12-8-41-23(26)27-12)18(34)29-15-19(35)31-16(22(38)39)10(7-40-20(15)31)6-30-3-1-9(2-4-30)17(25)33/h1-4,8,11,14-15,20H,5-7,24H2,(H7-,25,26,27,28,29,32,33,34,36,37,38,39)/t11-,14+,15-,20+/m1/s1. The number of pyridine rings is 1. The van der Waals surface area contributed by atoms with Gasteiger partial charge in [0, 0.05) is 28.8 Å². The molecule has 216 valence electrons. The third kappa shape index (κ3) is 6.28. The van der Waals surface area contributed by atoms with Gasteiger partial charge in [-0.05, 0) is 0 Å². The van der Waals surface area contributed by atoms with Gasteiger partial charge in [0.15, 0.2) is 30.1 Å². The van der Waals surface area contributed by atoms with Gasteiger partial charge in [-0.2, -0.15) is 0 Å². The van der Waals surface area contributed by atoms with Crippen molar-refractivity contribution in [2.45, 2.75) is 36.5 Å². The molecule has 16 nitrogen and oxygen atoms in total. The van der Waals surface area contributed by atoms with Crippen LogP contribution in [0, 0.1) is 0 Å². The van der Waals surface area contributed by atoms with E-state index in [1.807, 2.05) is 0 Å². The number of carboxylic acid groups (broad SMARTS) is 2. The van der Waals surface area contributed by atoms with Crippen molar-refractivity contribution in [1.29, 1.82) is 0 Å². The Labute approximate surface area is 239 Å². The summed E-state index contributed by atoms with van der Waals surface area (Å²) < 4.78 is 1.61. The minimum absolute atomic E-state index is 0.0548. The maximum Gasteiger partial charge on any atom is 0.321 e. The summed E-state index contributed by atoms with van der Waals surface area (Å²) in [5, 5.41) is 26.6. The highest BCUT2D eigenvalue weighted by atomic mass is 32.2. The highest BCUT2D eigenvalue weighted by Crippen LogP contribution is 2.40. The lowest BCUT2D eigenvalue weighted by atomic mass is 10.0. The van der Waals surface area contributed by atoms with Gasteiger partial charge in [-0.3, -0.25) is 28.9 Å². The van der Waals surface area contributed by atoms with Gasteiger partial charge in [-0.1, -0.05) is 0 Å². The number of primary amides is 1. The molecule has 1 fully saturated rings. The summed E-state index contributed by atoms with van der Waals surface area (Å²) in [6, 6.07) is -1.13. The number of thiazole rings is 1. The van der Waals surface area contributed by atoms with Gasteiger partial charge in [0.1, 0.15) is 17.5 Å². The van der Waals surface area contributed by atoms with Crippen LogP contribution in [0.1, 0.15) is 28.5 Å². The molecule has 4 atom stereocenters. The van der Waals surface area contributed by atoms with Crippen LogP contribution in [0.2, 0.25) is 0 Å². The number of nitrogens with one attached hydrogen (secondary N) is 2. The van der Waals surface area contributed by atoms with Crippen molar-refractivity contribution in [3.05, 3.63) is 52.4 Å². The van der Waals surface area contributed by atoms with Crippen LogP contribution < -0.4 is 37.5 Å². The molecule has 0 unspecified atom stereocenters. The number of nitrogen functional groups attached to an aromatic ring is 1. The fraction of sp³-hybridized carbons (Fsp3) is 0.304. The molecule has 0 radical (unpaired) electrons. The number of aliphatic carboxylic acids is 2. The van der Waals surface area contributed by atoms with Gasteiger partial charge in [-0.25, -0.2) is 9.55 Å². The Bertz CT molecular complexity index is 1460. The average Bonchev–Trinajstić information content (AvgIpc) is 3.35. The van der Waals surface area contributed by atoms with Crippen molar-refractivity contribution < 1.29 is 43.5 Å². The second kappa shape index (κ2) is 11.9. The van der Waals surface area contributed by atoms with Crippen molar-refractivity contribution in [2.75, 3.05) is 11.5 Å². The molecular weight excluding hydrogens is 580 g/mol. The molecule has 0 aromatic carbocycles. The predicted molar refractivity (Wildman–Crippen MR) is 140 cm³/mol. The third-order valence-electron chi connectivity index (χ3n) is 6.21. The Kier molecular flexibility index (Phi) is 8.55.